The van der Waals surface area contributed by atoms with Gasteiger partial charge in [0, 0.05) is 11.5 Å². The normalized spacial score (nSPS) is 11.6. The van der Waals surface area contributed by atoms with Crippen molar-refractivity contribution in [2.75, 3.05) is 0 Å². The number of hydrogen-bond acceptors (Lipinski definition) is 14. The van der Waals surface area contributed by atoms with Crippen molar-refractivity contribution in [2.45, 2.75) is 71.8 Å². The number of hydroxylamine groups is 1. The van der Waals surface area contributed by atoms with Crippen molar-refractivity contribution < 1.29 is 17.5 Å². The fraction of sp³-hybridized carbons (Fsp3) is 0.526. The fourth-order valence-corrected chi connectivity index (χ4v) is 2.55. The van der Waals surface area contributed by atoms with Crippen LogP contribution in [-0.4, -0.2) is 54.9 Å². The van der Waals surface area contributed by atoms with E-state index in [9.17, 15) is 13.8 Å². The zero-order valence-electron chi connectivity index (χ0n) is 18.4. The van der Waals surface area contributed by atoms with Crippen LogP contribution >= 0.6 is 23.8 Å². The van der Waals surface area contributed by atoms with Crippen molar-refractivity contribution in [2.24, 2.45) is 4.40 Å². The molecule has 0 amide bonds. The molecule has 4 aromatic rings. The van der Waals surface area contributed by atoms with E-state index < -0.39 is 17.0 Å². The van der Waals surface area contributed by atoms with Gasteiger partial charge in [0.15, 0.2) is 0 Å². The molecule has 226 valence electrons. The van der Waals surface area contributed by atoms with E-state index in [0.29, 0.717) is 23.3 Å². The molecule has 5 heterocycles. The molecule has 4 aromatic heterocycles. The third-order valence-electron chi connectivity index (χ3n) is 2.65. The Hall–Kier alpha value is -3.62. The lowest BCUT2D eigenvalue weighted by Crippen LogP contribution is -2.11. The average Bonchev–Trinajstić information content (AvgIpc) is 3.59. The molecule has 39 heavy (non-hydrogen) atoms. The molecule has 5 rings (SSSR count). The van der Waals surface area contributed by atoms with Gasteiger partial charge in [0.1, 0.15) is 35.5 Å². The van der Waals surface area contributed by atoms with Gasteiger partial charge in [-0.2, -0.15) is 18.7 Å². The van der Waals surface area contributed by atoms with Gasteiger partial charge >= 0.3 is 26.7 Å². The van der Waals surface area contributed by atoms with Crippen LogP contribution in [-0.2, 0) is 15.6 Å². The monoisotopic (exact) mass is 615 g/mol. The van der Waals surface area contributed by atoms with Crippen LogP contribution in [0.15, 0.2) is 29.4 Å². The Morgan fingerprint density at radius 2 is 1.56 bits per heavy atom. The molecule has 17 nitrogen and oxygen atoms in total. The lowest BCUT2D eigenvalue weighted by molar-refractivity contribution is 0.304. The van der Waals surface area contributed by atoms with Crippen LogP contribution in [0.5, 0.6) is 0 Å². The summed E-state index contributed by atoms with van der Waals surface area (Å²) in [6, 6.07) is 0. The molecule has 0 fully saturated rings. The smallest absolute Gasteiger partial charge is 0.348 e. The van der Waals surface area contributed by atoms with Crippen molar-refractivity contribution in [1.29, 1.82) is 0 Å². The predicted octanol–water partition coefficient (Wildman–Crippen LogP) is 3.66. The van der Waals surface area contributed by atoms with E-state index in [1.54, 1.807) is 27.7 Å². The molecule has 0 saturated carbocycles. The Morgan fingerprint density at radius 1 is 0.923 bits per heavy atom. The minimum absolute atomic E-state index is 0. The maximum atomic E-state index is 10.2. The molecule has 0 spiro atoms. The zero-order chi connectivity index (χ0) is 25.5. The number of nitrogens with zero attached hydrogens (tertiary/aromatic N) is 6. The summed E-state index contributed by atoms with van der Waals surface area (Å²) in [6.07, 6.45) is 1.48. The molecule has 0 saturated heterocycles. The van der Waals surface area contributed by atoms with Crippen LogP contribution in [0, 0.1) is 32.5 Å². The van der Waals surface area contributed by atoms with Gasteiger partial charge in [-0.3, -0.25) is 24.4 Å². The summed E-state index contributed by atoms with van der Waals surface area (Å²) in [7, 11) is 0. The minimum atomic E-state index is -1.48. The van der Waals surface area contributed by atoms with E-state index in [1.165, 1.54) is 6.33 Å². The van der Waals surface area contributed by atoms with Crippen molar-refractivity contribution in [3.05, 3.63) is 54.7 Å². The Balaban J connectivity index is -0.000000120. The highest BCUT2D eigenvalue weighted by Gasteiger charge is 2.05. The third-order valence-corrected chi connectivity index (χ3v) is 4.11. The van der Waals surface area contributed by atoms with Crippen LogP contribution in [0.1, 0.15) is 67.4 Å². The number of H-pyrrole nitrogens is 4. The minimum Gasteiger partial charge on any atom is -0.348 e. The summed E-state index contributed by atoms with van der Waals surface area (Å²) in [5.41, 5.74) is 2.32. The second kappa shape index (κ2) is 24.7. The van der Waals surface area contributed by atoms with E-state index in [2.05, 4.69) is 80.2 Å². The van der Waals surface area contributed by atoms with Crippen LogP contribution in [0.25, 0.3) is 0 Å². The average molecular weight is 616 g/mol. The van der Waals surface area contributed by atoms with E-state index in [1.807, 2.05) is 6.92 Å². The Labute approximate surface area is 239 Å². The quantitative estimate of drug-likeness (QED) is 0.178. The largest absolute Gasteiger partial charge is 0.438 e. The summed E-state index contributed by atoms with van der Waals surface area (Å²) >= 11 is 3.99. The molecule has 1 unspecified atom stereocenters. The van der Waals surface area contributed by atoms with E-state index in [0.717, 1.165) is 17.4 Å². The Kier molecular flexibility index (Phi) is 28.7. The standard InChI is InChI=1S/C3H5N3.C3H4N2O2.2C3H4N2OS.C2H4N2O2S.5CH4/c1-3-4-2-5-6-3;2*1-2-4-3(6)7-5-2;1-2-4-3(7)6-5-2;1-2-3-6-7(5)4-2;;;;;/h2H,1H3,(H,4,5,6);2*1H3,(H,4,5,6);1H3,(H,4,5,7);1H3,(H,3,4);5*1H4. The highest BCUT2D eigenvalue weighted by molar-refractivity contribution is 7.79. The highest BCUT2D eigenvalue weighted by atomic mass is 32.2. The molecular formula is C19H41N11O6S3. The maximum Gasteiger partial charge on any atom is 0.438 e. The van der Waals surface area contributed by atoms with Gasteiger partial charge in [-0.25, -0.2) is 24.6 Å². The van der Waals surface area contributed by atoms with E-state index >= 15 is 0 Å². The summed E-state index contributed by atoms with van der Waals surface area (Å²) in [6.45, 7) is 8.69. The van der Waals surface area contributed by atoms with Crippen LogP contribution in [0.2, 0.25) is 0 Å². The molecule has 0 aliphatic carbocycles. The first-order valence-electron chi connectivity index (χ1n) is 8.85. The SMILES string of the molecule is C.C.C.C.C.CC1=NS(=O)ON1.Cc1nc(=S)o[nH]1.Cc1ncn[nH]1.Cc1noc(=O)[nH]1.Cc1nsc(=O)[nH]1. The van der Waals surface area contributed by atoms with Gasteiger partial charge < -0.3 is 4.52 Å². The third kappa shape index (κ3) is 23.2. The number of aromatic nitrogens is 9. The molecular weight excluding hydrogens is 574 g/mol. The number of nitrogens with one attached hydrogen (secondary N) is 5. The summed E-state index contributed by atoms with van der Waals surface area (Å²) < 4.78 is 30.2. The van der Waals surface area contributed by atoms with Gasteiger partial charge in [0.25, 0.3) is 0 Å². The maximum absolute atomic E-state index is 10.2. The van der Waals surface area contributed by atoms with Gasteiger partial charge in [-0.05, 0) is 46.8 Å². The van der Waals surface area contributed by atoms with Crippen molar-refractivity contribution in [1.82, 2.24) is 50.3 Å². The van der Waals surface area contributed by atoms with E-state index in [-0.39, 0.29) is 46.8 Å². The summed E-state index contributed by atoms with van der Waals surface area (Å²) in [5.74, 6) is 2.82. The number of amidine groups is 1. The number of aromatic amines is 4. The predicted molar refractivity (Wildman–Crippen MR) is 156 cm³/mol. The molecule has 1 aliphatic heterocycles. The lowest BCUT2D eigenvalue weighted by atomic mass is 10.7. The molecule has 5 N–H and O–H groups in total. The van der Waals surface area contributed by atoms with Gasteiger partial charge in [-0.1, -0.05) is 42.3 Å². The van der Waals surface area contributed by atoms with E-state index in [4.69, 9.17) is 0 Å². The first kappa shape index (κ1) is 45.3. The lowest BCUT2D eigenvalue weighted by Gasteiger charge is -1.83. The Morgan fingerprint density at radius 3 is 1.69 bits per heavy atom. The van der Waals surface area contributed by atoms with Gasteiger partial charge in [0.2, 0.25) is 0 Å². The first-order chi connectivity index (χ1) is 16.0. The number of rotatable bonds is 0. The van der Waals surface area contributed by atoms with Crippen molar-refractivity contribution >= 4 is 40.9 Å². The van der Waals surface area contributed by atoms with Crippen molar-refractivity contribution in [3.8, 4) is 0 Å². The highest BCUT2D eigenvalue weighted by Crippen LogP contribution is 1.92. The van der Waals surface area contributed by atoms with Gasteiger partial charge in [-0.15, -0.1) is 4.40 Å². The molecule has 1 aliphatic rings. The van der Waals surface area contributed by atoms with Crippen molar-refractivity contribution in [3.63, 3.8) is 0 Å². The summed E-state index contributed by atoms with van der Waals surface area (Å²) in [5, 5.41) is 12.0. The van der Waals surface area contributed by atoms with Crippen LogP contribution < -0.4 is 16.1 Å². The number of aryl methyl sites for hydroxylation is 4. The second-order valence-corrected chi connectivity index (χ2v) is 7.55. The number of hydrogen-bond donors (Lipinski definition) is 5. The molecule has 1 atom stereocenters. The second-order valence-electron chi connectivity index (χ2n) is 5.68. The molecule has 0 aromatic carbocycles. The van der Waals surface area contributed by atoms with Crippen LogP contribution in [0.4, 0.5) is 0 Å². The fourth-order valence-electron chi connectivity index (χ4n) is 1.42. The Bertz CT molecular complexity index is 1210. The molecule has 20 heteroatoms. The van der Waals surface area contributed by atoms with Crippen LogP contribution in [0.3, 0.4) is 0 Å². The van der Waals surface area contributed by atoms with Gasteiger partial charge in [0.05, 0.1) is 0 Å². The molecule has 0 bridgehead atoms. The molecule has 0 radical (unpaired) electrons. The zero-order valence-corrected chi connectivity index (χ0v) is 20.9. The first-order valence-corrected chi connectivity index (χ1v) is 11.1. The topological polar surface area (TPSA) is 239 Å². The summed E-state index contributed by atoms with van der Waals surface area (Å²) in [4.78, 5) is 32.6.